The number of aliphatic carboxylic acids is 1. The highest BCUT2D eigenvalue weighted by Gasteiger charge is 2.48. The fourth-order valence-electron chi connectivity index (χ4n) is 7.57. The predicted octanol–water partition coefficient (Wildman–Crippen LogP) is 6.82. The molecular formula is C46H70F2N6O8Si2. The summed E-state index contributed by atoms with van der Waals surface area (Å²) < 4.78 is 37.2. The molecule has 0 bridgehead atoms. The molecule has 0 aliphatic carbocycles. The smallest absolute Gasteiger partial charge is 0.410 e. The Balaban J connectivity index is 1.94. The van der Waals surface area contributed by atoms with Gasteiger partial charge in [0.1, 0.15) is 23.8 Å². The van der Waals surface area contributed by atoms with Crippen molar-refractivity contribution in [2.24, 2.45) is 16.9 Å². The largest absolute Gasteiger partial charge is 0.479 e. The van der Waals surface area contributed by atoms with E-state index < -0.39 is 87.2 Å². The number of rotatable bonds is 24. The van der Waals surface area contributed by atoms with E-state index in [1.165, 1.54) is 4.90 Å². The van der Waals surface area contributed by atoms with E-state index in [0.29, 0.717) is 29.9 Å². The van der Waals surface area contributed by atoms with E-state index in [0.717, 1.165) is 28.7 Å². The van der Waals surface area contributed by atoms with Crippen molar-refractivity contribution in [3.8, 4) is 11.1 Å². The molecule has 0 saturated carbocycles. The first-order valence-corrected chi connectivity index (χ1v) is 29.2. The van der Waals surface area contributed by atoms with E-state index in [4.69, 9.17) is 16.2 Å². The van der Waals surface area contributed by atoms with Crippen molar-refractivity contribution in [1.29, 1.82) is 0 Å². The first kappa shape index (κ1) is 53.4. The van der Waals surface area contributed by atoms with Crippen LogP contribution in [-0.2, 0) is 30.5 Å². The molecule has 0 radical (unpaired) electrons. The third-order valence-electron chi connectivity index (χ3n) is 11.2. The molecule has 354 valence electrons. The average molecular weight is 929 g/mol. The Morgan fingerprint density at radius 2 is 1.55 bits per heavy atom. The van der Waals surface area contributed by atoms with Gasteiger partial charge in [-0.05, 0) is 60.6 Å². The van der Waals surface area contributed by atoms with Gasteiger partial charge in [0.2, 0.25) is 17.7 Å². The minimum atomic E-state index is -1.89. The van der Waals surface area contributed by atoms with E-state index >= 15 is 4.39 Å². The summed E-state index contributed by atoms with van der Waals surface area (Å²) in [6.45, 7) is 17.2. The average Bonchev–Trinajstić information content (AvgIpc) is 3.59. The van der Waals surface area contributed by atoms with Gasteiger partial charge in [-0.3, -0.25) is 19.3 Å². The first-order chi connectivity index (χ1) is 29.7. The Morgan fingerprint density at radius 3 is 2.11 bits per heavy atom. The lowest BCUT2D eigenvalue weighted by Crippen LogP contribution is -2.60. The van der Waals surface area contributed by atoms with Crippen LogP contribution in [0.5, 0.6) is 0 Å². The maximum atomic E-state index is 15.2. The number of nitrogens with zero attached hydrogens (tertiary/aromatic N) is 3. The second kappa shape index (κ2) is 22.8. The molecule has 0 aliphatic heterocycles. The number of nitrogens with two attached hydrogens (primary N) is 2. The Labute approximate surface area is 378 Å². The van der Waals surface area contributed by atoms with Gasteiger partial charge in [0.25, 0.3) is 0 Å². The molecule has 1 aromatic heterocycles. The van der Waals surface area contributed by atoms with Gasteiger partial charge in [-0.15, -0.1) is 0 Å². The predicted molar refractivity (Wildman–Crippen MR) is 250 cm³/mol. The molecule has 18 heteroatoms. The first-order valence-electron chi connectivity index (χ1n) is 21.8. The van der Waals surface area contributed by atoms with Gasteiger partial charge in [-0.1, -0.05) is 96.4 Å². The van der Waals surface area contributed by atoms with Gasteiger partial charge in [-0.25, -0.2) is 18.4 Å². The van der Waals surface area contributed by atoms with E-state index in [1.807, 2.05) is 55.7 Å². The summed E-state index contributed by atoms with van der Waals surface area (Å²) >= 11 is 0. The molecule has 3 aromatic rings. The number of aromatic nitrogens is 1. The maximum Gasteiger partial charge on any atom is 0.410 e. The lowest BCUT2D eigenvalue weighted by molar-refractivity contribution is -0.151. The molecule has 1 heterocycles. The third-order valence-corrected chi connectivity index (χ3v) is 14.6. The van der Waals surface area contributed by atoms with Crippen molar-refractivity contribution in [3.63, 3.8) is 0 Å². The lowest BCUT2D eigenvalue weighted by atomic mass is 9.82. The van der Waals surface area contributed by atoms with Crippen molar-refractivity contribution in [2.75, 3.05) is 32.8 Å². The molecule has 4 amide bonds. The minimum absolute atomic E-state index is 0.0300. The number of carbonyl (C=O) groups is 5. The third kappa shape index (κ3) is 15.7. The number of carboxylic acid groups (broad SMARTS) is 1. The number of carbonyl (C=O) groups excluding carboxylic acids is 4. The van der Waals surface area contributed by atoms with Crippen LogP contribution in [0.15, 0.2) is 60.8 Å². The van der Waals surface area contributed by atoms with Crippen LogP contribution in [0.1, 0.15) is 63.8 Å². The Bertz CT molecular complexity index is 2070. The van der Waals surface area contributed by atoms with Crippen molar-refractivity contribution in [3.05, 3.63) is 83.7 Å². The molecule has 2 aromatic carbocycles. The number of benzene rings is 2. The zero-order chi connectivity index (χ0) is 48.2. The van der Waals surface area contributed by atoms with Gasteiger partial charge in [0.05, 0.1) is 18.7 Å². The summed E-state index contributed by atoms with van der Waals surface area (Å²) in [5.74, 6) is -4.60. The molecular weight excluding hydrogens is 859 g/mol. The summed E-state index contributed by atoms with van der Waals surface area (Å²) in [5, 5.41) is 23.7. The zero-order valence-electron chi connectivity index (χ0n) is 39.0. The second-order valence-electron chi connectivity index (χ2n) is 20.0. The molecule has 64 heavy (non-hydrogen) atoms. The van der Waals surface area contributed by atoms with Gasteiger partial charge >= 0.3 is 12.1 Å². The summed E-state index contributed by atoms with van der Waals surface area (Å²) in [5.41, 5.74) is 11.3. The van der Waals surface area contributed by atoms with E-state index in [-0.39, 0.29) is 57.5 Å². The highest BCUT2D eigenvalue weighted by Crippen LogP contribution is 2.41. The van der Waals surface area contributed by atoms with E-state index in [9.17, 15) is 38.6 Å². The van der Waals surface area contributed by atoms with Crippen LogP contribution in [0, 0.1) is 17.0 Å². The number of carboxylic acids is 1. The highest BCUT2D eigenvalue weighted by atomic mass is 28.3. The van der Waals surface area contributed by atoms with Crippen LogP contribution < -0.4 is 16.8 Å². The lowest BCUT2D eigenvalue weighted by Gasteiger charge is -2.41. The van der Waals surface area contributed by atoms with Gasteiger partial charge in [-0.2, -0.15) is 0 Å². The van der Waals surface area contributed by atoms with Crippen LogP contribution in [0.3, 0.4) is 0 Å². The number of hydrogen-bond donors (Lipinski definition) is 5. The fraction of sp³-hybridized carbons (Fsp3) is 0.543. The van der Waals surface area contributed by atoms with Crippen LogP contribution in [-0.4, -0.2) is 115 Å². The Hall–Kier alpha value is -4.92. The second-order valence-corrected chi connectivity index (χ2v) is 31.3. The molecule has 0 aliphatic rings. The molecule has 3 rings (SSSR count). The standard InChI is InChI=1S/C46H70F2N6O8Si2/c1-45(2,3)41(38-27-33(35-28-34(47)15-16-36(35)48)30-52(38)29-32-13-11-10-12-14-32)53(40(57)31-55)22-18-37(49)42(58)51-21-23-54(44(61)62-24-26-64(7,8)9)46(43(59)60,19-17-39(50)56)20-25-63(4,5)6/h10-16,27-28,30,37,41,55H,17-26,29,31,49H2,1-9H3,(H2,50,56)(H,51,58)(H,59,60)/t37-,41-,46+/m0/s1. The van der Waals surface area contributed by atoms with Crippen molar-refractivity contribution >= 4 is 45.9 Å². The molecule has 0 saturated heterocycles. The van der Waals surface area contributed by atoms with Crippen LogP contribution in [0.2, 0.25) is 51.4 Å². The number of aliphatic hydroxyl groups is 1. The van der Waals surface area contributed by atoms with Gasteiger partial charge in [0.15, 0.2) is 0 Å². The van der Waals surface area contributed by atoms with E-state index in [1.54, 1.807) is 12.3 Å². The van der Waals surface area contributed by atoms with Crippen molar-refractivity contribution in [2.45, 2.75) is 122 Å². The monoisotopic (exact) mass is 928 g/mol. The Kier molecular flexibility index (Phi) is 19.0. The van der Waals surface area contributed by atoms with Crippen molar-refractivity contribution < 1.29 is 47.7 Å². The normalized spacial score (nSPS) is 14.0. The number of aliphatic hydroxyl groups excluding tert-OH is 1. The summed E-state index contributed by atoms with van der Waals surface area (Å²) in [6, 6.07) is 13.5. The van der Waals surface area contributed by atoms with Gasteiger partial charge in [0, 0.05) is 71.8 Å². The molecule has 0 spiro atoms. The molecule has 0 unspecified atom stereocenters. The van der Waals surface area contributed by atoms with Crippen molar-refractivity contribution in [1.82, 2.24) is 19.7 Å². The van der Waals surface area contributed by atoms with E-state index in [2.05, 4.69) is 44.6 Å². The number of primary amides is 1. The quantitative estimate of drug-likeness (QED) is 0.0597. The minimum Gasteiger partial charge on any atom is -0.479 e. The number of ether oxygens (including phenoxy) is 1. The zero-order valence-corrected chi connectivity index (χ0v) is 41.0. The number of hydrogen-bond acceptors (Lipinski definition) is 8. The molecule has 3 atom stereocenters. The maximum absolute atomic E-state index is 15.2. The molecule has 0 fully saturated rings. The fourth-order valence-corrected chi connectivity index (χ4v) is 9.45. The van der Waals surface area contributed by atoms with Crippen LogP contribution in [0.4, 0.5) is 13.6 Å². The van der Waals surface area contributed by atoms with Crippen LogP contribution >= 0.6 is 0 Å². The Morgan fingerprint density at radius 1 is 0.906 bits per heavy atom. The van der Waals surface area contributed by atoms with Crippen LogP contribution in [0.25, 0.3) is 11.1 Å². The number of amides is 4. The molecule has 14 nitrogen and oxygen atoms in total. The van der Waals surface area contributed by atoms with Gasteiger partial charge < -0.3 is 41.2 Å². The number of nitrogens with one attached hydrogen (secondary N) is 1. The highest BCUT2D eigenvalue weighted by molar-refractivity contribution is 6.76. The molecule has 7 N–H and O–H groups in total. The summed E-state index contributed by atoms with van der Waals surface area (Å²) in [7, 11) is -3.54. The SMILES string of the molecule is CC(C)(C)[C@H](c1cc(-c2cc(F)ccc2F)cn1Cc1ccccc1)N(CC[C@H](N)C(=O)NCCN(C(=O)OCC[Si](C)(C)C)[C@](CCC(N)=O)(CC[Si](C)(C)C)C(=O)O)C(=O)CO. The topological polar surface area (TPSA) is 211 Å². The number of halogens is 2. The summed E-state index contributed by atoms with van der Waals surface area (Å²) in [4.78, 5) is 69.0. The summed E-state index contributed by atoms with van der Waals surface area (Å²) in [6.07, 6.45) is 0.223.